The number of hydrogen-bond acceptors (Lipinski definition) is 6. The molecule has 0 atom stereocenters. The smallest absolute Gasteiger partial charge is 0.316 e. The second-order valence-corrected chi connectivity index (χ2v) is 4.85. The first-order chi connectivity index (χ1) is 10.7. The molecule has 0 aliphatic rings. The van der Waals surface area contributed by atoms with Crippen LogP contribution in [0.3, 0.4) is 0 Å². The molecular weight excluding hydrogens is 308 g/mol. The zero-order valence-corrected chi connectivity index (χ0v) is 12.1. The van der Waals surface area contributed by atoms with Gasteiger partial charge >= 0.3 is 11.8 Å². The van der Waals surface area contributed by atoms with Crippen LogP contribution in [-0.4, -0.2) is 30.8 Å². The summed E-state index contributed by atoms with van der Waals surface area (Å²) in [6, 6.07) is 3.61. The molecule has 22 heavy (non-hydrogen) atoms. The number of carbonyl (C=O) groups excluding carboxylic acids is 1. The highest BCUT2D eigenvalue weighted by atomic mass is 35.5. The van der Waals surface area contributed by atoms with Crippen LogP contribution in [0.25, 0.3) is 0 Å². The van der Waals surface area contributed by atoms with Crippen molar-refractivity contribution >= 4 is 17.5 Å². The Morgan fingerprint density at radius 3 is 2.91 bits per heavy atom. The maximum atomic E-state index is 11.9. The number of nitrogens with one attached hydrogen (secondary N) is 1. The maximum absolute atomic E-state index is 11.9. The Bertz CT molecular complexity index is 770. The highest BCUT2D eigenvalue weighted by Gasteiger charge is 2.15. The first kappa shape index (κ1) is 14.2. The monoisotopic (exact) mass is 318 g/mol. The lowest BCUT2D eigenvalue weighted by Gasteiger charge is -2.01. The van der Waals surface area contributed by atoms with Gasteiger partial charge in [0, 0.05) is 25.1 Å². The molecule has 3 aromatic rings. The normalized spacial score (nSPS) is 10.6. The zero-order chi connectivity index (χ0) is 15.4. The Labute approximate surface area is 130 Å². The summed E-state index contributed by atoms with van der Waals surface area (Å²) in [6.07, 6.45) is 6.44. The molecule has 0 aromatic carbocycles. The van der Waals surface area contributed by atoms with Crippen LogP contribution in [0.2, 0.25) is 5.02 Å². The van der Waals surface area contributed by atoms with E-state index in [1.165, 1.54) is 6.20 Å². The van der Waals surface area contributed by atoms with Gasteiger partial charge in [-0.15, -0.1) is 0 Å². The van der Waals surface area contributed by atoms with E-state index < -0.39 is 5.91 Å². The minimum Gasteiger partial charge on any atom is -0.344 e. The predicted octanol–water partition coefficient (Wildman–Crippen LogP) is 1.29. The van der Waals surface area contributed by atoms with Gasteiger partial charge in [-0.2, -0.15) is 10.1 Å². The summed E-state index contributed by atoms with van der Waals surface area (Å²) in [5, 5.41) is 10.9. The van der Waals surface area contributed by atoms with Crippen LogP contribution in [0.15, 0.2) is 41.4 Å². The summed E-state index contributed by atoms with van der Waals surface area (Å²) < 4.78 is 6.48. The molecule has 1 amide bonds. The molecule has 0 saturated carbocycles. The molecule has 8 nitrogen and oxygen atoms in total. The van der Waals surface area contributed by atoms with Gasteiger partial charge in [0.15, 0.2) is 5.82 Å². The van der Waals surface area contributed by atoms with Gasteiger partial charge in [0.05, 0.1) is 11.2 Å². The molecule has 0 spiro atoms. The third-order valence-corrected chi connectivity index (χ3v) is 2.97. The molecule has 3 rings (SSSR count). The molecule has 3 heterocycles. The van der Waals surface area contributed by atoms with E-state index in [-0.39, 0.29) is 12.4 Å². The molecule has 0 fully saturated rings. The second kappa shape index (κ2) is 6.35. The van der Waals surface area contributed by atoms with Crippen molar-refractivity contribution in [2.75, 3.05) is 0 Å². The number of rotatable bonds is 5. The lowest BCUT2D eigenvalue weighted by molar-refractivity contribution is 0.0907. The van der Waals surface area contributed by atoms with Crippen LogP contribution in [0.1, 0.15) is 22.1 Å². The summed E-state index contributed by atoms with van der Waals surface area (Å²) in [5.41, 5.74) is 0.925. The highest BCUT2D eigenvalue weighted by molar-refractivity contribution is 6.30. The first-order valence-corrected chi connectivity index (χ1v) is 6.76. The Hall–Kier alpha value is -2.74. The largest absolute Gasteiger partial charge is 0.344 e. The topological polar surface area (TPSA) is 98.7 Å². The van der Waals surface area contributed by atoms with Crippen molar-refractivity contribution in [2.45, 2.75) is 13.1 Å². The number of carbonyl (C=O) groups is 1. The van der Waals surface area contributed by atoms with E-state index in [1.807, 2.05) is 0 Å². The lowest BCUT2D eigenvalue weighted by atomic mass is 10.3. The molecular formula is C13H11ClN6O2. The van der Waals surface area contributed by atoms with Crippen LogP contribution >= 0.6 is 11.6 Å². The van der Waals surface area contributed by atoms with Crippen molar-refractivity contribution in [3.63, 3.8) is 0 Å². The number of aromatic nitrogens is 5. The maximum Gasteiger partial charge on any atom is 0.316 e. The minimum atomic E-state index is -0.436. The van der Waals surface area contributed by atoms with Gasteiger partial charge in [-0.3, -0.25) is 14.5 Å². The van der Waals surface area contributed by atoms with Gasteiger partial charge in [-0.1, -0.05) is 16.8 Å². The van der Waals surface area contributed by atoms with E-state index in [0.717, 1.165) is 5.56 Å². The molecule has 0 aliphatic carbocycles. The van der Waals surface area contributed by atoms with Gasteiger partial charge < -0.3 is 9.84 Å². The number of pyridine rings is 1. The molecule has 9 heteroatoms. The van der Waals surface area contributed by atoms with E-state index >= 15 is 0 Å². The third kappa shape index (κ3) is 3.47. The van der Waals surface area contributed by atoms with Crippen molar-refractivity contribution < 1.29 is 9.32 Å². The van der Waals surface area contributed by atoms with Gasteiger partial charge in [0.2, 0.25) is 0 Å². The Balaban J connectivity index is 1.59. The van der Waals surface area contributed by atoms with Crippen molar-refractivity contribution in [3.05, 3.63) is 59.2 Å². The first-order valence-electron chi connectivity index (χ1n) is 6.38. The fourth-order valence-corrected chi connectivity index (χ4v) is 1.90. The van der Waals surface area contributed by atoms with Gasteiger partial charge in [0.25, 0.3) is 0 Å². The highest BCUT2D eigenvalue weighted by Crippen LogP contribution is 2.06. The molecule has 3 aromatic heterocycles. The summed E-state index contributed by atoms with van der Waals surface area (Å²) >= 11 is 5.77. The van der Waals surface area contributed by atoms with Gasteiger partial charge in [0.1, 0.15) is 6.54 Å². The molecule has 1 N–H and O–H groups in total. The molecule has 112 valence electrons. The summed E-state index contributed by atoms with van der Waals surface area (Å²) in [5.74, 6) is -0.190. The SMILES string of the molecule is O=C(NCc1ccncc1)c1nc(Cn2cc(Cl)cn2)no1. The van der Waals surface area contributed by atoms with E-state index in [1.54, 1.807) is 35.4 Å². The van der Waals surface area contributed by atoms with E-state index in [2.05, 4.69) is 25.5 Å². The van der Waals surface area contributed by atoms with Crippen LogP contribution < -0.4 is 5.32 Å². The number of hydrogen-bond donors (Lipinski definition) is 1. The van der Waals surface area contributed by atoms with Gasteiger partial charge in [-0.25, -0.2) is 0 Å². The fraction of sp³-hybridized carbons (Fsp3) is 0.154. The van der Waals surface area contributed by atoms with Crippen LogP contribution in [0.4, 0.5) is 0 Å². The van der Waals surface area contributed by atoms with Crippen LogP contribution in [-0.2, 0) is 13.1 Å². The lowest BCUT2D eigenvalue weighted by Crippen LogP contribution is -2.23. The third-order valence-electron chi connectivity index (χ3n) is 2.77. The van der Waals surface area contributed by atoms with Crippen molar-refractivity contribution in [3.8, 4) is 0 Å². The average Bonchev–Trinajstić information content (AvgIpc) is 3.16. The molecule has 0 aliphatic heterocycles. The number of amides is 1. The molecule has 0 bridgehead atoms. The fourth-order valence-electron chi connectivity index (χ4n) is 1.74. The predicted molar refractivity (Wildman–Crippen MR) is 76.0 cm³/mol. The van der Waals surface area contributed by atoms with Crippen molar-refractivity contribution in [2.24, 2.45) is 0 Å². The number of halogens is 1. The number of nitrogens with zero attached hydrogens (tertiary/aromatic N) is 5. The van der Waals surface area contributed by atoms with E-state index in [4.69, 9.17) is 16.1 Å². The van der Waals surface area contributed by atoms with Crippen LogP contribution in [0.5, 0.6) is 0 Å². The summed E-state index contributed by atoms with van der Waals surface area (Å²) in [6.45, 7) is 0.627. The Morgan fingerprint density at radius 1 is 1.36 bits per heavy atom. The quantitative estimate of drug-likeness (QED) is 0.761. The van der Waals surface area contributed by atoms with E-state index in [0.29, 0.717) is 17.4 Å². The molecule has 0 unspecified atom stereocenters. The minimum absolute atomic E-state index is 0.0951. The molecule has 0 radical (unpaired) electrons. The van der Waals surface area contributed by atoms with Crippen molar-refractivity contribution in [1.29, 1.82) is 0 Å². The van der Waals surface area contributed by atoms with Crippen LogP contribution in [0, 0.1) is 0 Å². The van der Waals surface area contributed by atoms with Crippen molar-refractivity contribution in [1.82, 2.24) is 30.2 Å². The van der Waals surface area contributed by atoms with Gasteiger partial charge in [-0.05, 0) is 17.7 Å². The standard InChI is InChI=1S/C13H11ClN6O2/c14-10-6-17-20(7-10)8-11-18-13(22-19-11)12(21)16-5-9-1-3-15-4-2-9/h1-4,6-7H,5,8H2,(H,16,21). The molecule has 0 saturated heterocycles. The Kier molecular flexibility index (Phi) is 4.10. The van der Waals surface area contributed by atoms with E-state index in [9.17, 15) is 4.79 Å². The second-order valence-electron chi connectivity index (χ2n) is 4.41. The summed E-state index contributed by atoms with van der Waals surface area (Å²) in [7, 11) is 0. The summed E-state index contributed by atoms with van der Waals surface area (Å²) in [4.78, 5) is 19.8. The zero-order valence-electron chi connectivity index (χ0n) is 11.3. The Morgan fingerprint density at radius 2 is 2.18 bits per heavy atom. The average molecular weight is 319 g/mol.